The van der Waals surface area contributed by atoms with Crippen LogP contribution in [0.15, 0.2) is 60.9 Å². The lowest BCUT2D eigenvalue weighted by atomic mass is 10.1. The van der Waals surface area contributed by atoms with Crippen LogP contribution in [0.25, 0.3) is 22.3 Å². The molecule has 2 aromatic carbocycles. The van der Waals surface area contributed by atoms with Gasteiger partial charge in [0.25, 0.3) is 0 Å². The van der Waals surface area contributed by atoms with Crippen LogP contribution >= 0.6 is 0 Å². The zero-order valence-electron chi connectivity index (χ0n) is 16.1. The van der Waals surface area contributed by atoms with Gasteiger partial charge in [0.05, 0.1) is 11.1 Å². The van der Waals surface area contributed by atoms with Crippen LogP contribution in [0.5, 0.6) is 5.75 Å². The van der Waals surface area contributed by atoms with E-state index in [9.17, 15) is 9.50 Å². The fraction of sp³-hybridized carbons (Fsp3) is 0.182. The van der Waals surface area contributed by atoms with Crippen LogP contribution in [0.1, 0.15) is 0 Å². The van der Waals surface area contributed by atoms with Crippen molar-refractivity contribution < 1.29 is 9.50 Å². The number of rotatable bonds is 3. The molecule has 3 heterocycles. The molecular formula is C22H19FN6O. The molecule has 7 nitrogen and oxygen atoms in total. The van der Waals surface area contributed by atoms with E-state index in [2.05, 4.69) is 24.8 Å². The van der Waals surface area contributed by atoms with Crippen molar-refractivity contribution in [3.8, 4) is 17.1 Å². The summed E-state index contributed by atoms with van der Waals surface area (Å²) in [6, 6.07) is 13.2. The smallest absolute Gasteiger partial charge is 0.225 e. The number of benzene rings is 2. The maximum absolute atomic E-state index is 14.0. The van der Waals surface area contributed by atoms with E-state index in [1.54, 1.807) is 42.7 Å². The molecular weight excluding hydrogens is 383 g/mol. The van der Waals surface area contributed by atoms with Crippen LogP contribution in [0.4, 0.5) is 16.2 Å². The van der Waals surface area contributed by atoms with Gasteiger partial charge in [-0.1, -0.05) is 12.1 Å². The highest BCUT2D eigenvalue weighted by Gasteiger charge is 2.23. The Morgan fingerprint density at radius 3 is 2.33 bits per heavy atom. The number of fused-ring (bicyclic) bond motifs is 1. The number of phenolic OH excluding ortho intramolecular Hbond substituents is 1. The number of phenols is 1. The third-order valence-electron chi connectivity index (χ3n) is 5.20. The molecule has 5 rings (SSSR count). The third kappa shape index (κ3) is 3.36. The van der Waals surface area contributed by atoms with Gasteiger partial charge in [0.15, 0.2) is 5.82 Å². The Labute approximate surface area is 172 Å². The van der Waals surface area contributed by atoms with Crippen molar-refractivity contribution in [2.45, 2.75) is 0 Å². The molecule has 0 radical (unpaired) electrons. The number of anilines is 2. The molecule has 1 aliphatic heterocycles. The zero-order valence-corrected chi connectivity index (χ0v) is 16.1. The highest BCUT2D eigenvalue weighted by molar-refractivity contribution is 5.91. The van der Waals surface area contributed by atoms with Crippen LogP contribution in [0.2, 0.25) is 0 Å². The van der Waals surface area contributed by atoms with Crippen molar-refractivity contribution in [3.63, 3.8) is 0 Å². The lowest BCUT2D eigenvalue weighted by molar-refractivity contribution is 0.477. The fourth-order valence-corrected chi connectivity index (χ4v) is 3.68. The van der Waals surface area contributed by atoms with E-state index in [0.717, 1.165) is 13.1 Å². The normalized spacial score (nSPS) is 14.3. The summed E-state index contributed by atoms with van der Waals surface area (Å²) in [5, 5.41) is 10.9. The molecule has 4 aromatic rings. The Hall–Kier alpha value is -3.81. The van der Waals surface area contributed by atoms with Crippen LogP contribution in [0, 0.1) is 5.82 Å². The standard InChI is InChI=1S/C22H19FN6O/c23-15-6-7-18-17(14-15)21(27-20(26-18)16-4-1-2-5-19(16)30)28-10-12-29(13-11-28)22-24-8-3-9-25-22/h1-9,14,30H,10-13H2. The molecule has 2 aromatic heterocycles. The van der Waals surface area contributed by atoms with Gasteiger partial charge < -0.3 is 14.9 Å². The number of hydrogen-bond acceptors (Lipinski definition) is 7. The number of nitrogens with zero attached hydrogens (tertiary/aromatic N) is 6. The molecule has 0 aliphatic carbocycles. The average Bonchev–Trinajstić information content (AvgIpc) is 2.79. The minimum Gasteiger partial charge on any atom is -0.507 e. The number of aromatic hydroxyl groups is 1. The Morgan fingerprint density at radius 1 is 0.833 bits per heavy atom. The number of para-hydroxylation sites is 1. The molecule has 1 fully saturated rings. The molecule has 0 spiro atoms. The van der Waals surface area contributed by atoms with Crippen molar-refractivity contribution in [2.75, 3.05) is 36.0 Å². The molecule has 8 heteroatoms. The minimum absolute atomic E-state index is 0.107. The summed E-state index contributed by atoms with van der Waals surface area (Å²) in [6.07, 6.45) is 3.46. The first-order valence-electron chi connectivity index (χ1n) is 9.71. The number of halogens is 1. The monoisotopic (exact) mass is 402 g/mol. The third-order valence-corrected chi connectivity index (χ3v) is 5.20. The van der Waals surface area contributed by atoms with Gasteiger partial charge >= 0.3 is 0 Å². The second-order valence-electron chi connectivity index (χ2n) is 7.07. The Bertz CT molecular complexity index is 1190. The first-order chi connectivity index (χ1) is 14.7. The maximum Gasteiger partial charge on any atom is 0.225 e. The summed E-state index contributed by atoms with van der Waals surface area (Å²) in [4.78, 5) is 22.2. The van der Waals surface area contributed by atoms with E-state index in [1.807, 2.05) is 6.07 Å². The number of hydrogen-bond donors (Lipinski definition) is 1. The van der Waals surface area contributed by atoms with Gasteiger partial charge in [0.2, 0.25) is 5.95 Å². The summed E-state index contributed by atoms with van der Waals surface area (Å²) < 4.78 is 14.0. The van der Waals surface area contributed by atoms with Gasteiger partial charge in [-0.2, -0.15) is 0 Å². The predicted molar refractivity (Wildman–Crippen MR) is 113 cm³/mol. The van der Waals surface area contributed by atoms with Gasteiger partial charge in [-0.25, -0.2) is 24.3 Å². The van der Waals surface area contributed by atoms with Gasteiger partial charge in [0, 0.05) is 44.0 Å². The maximum atomic E-state index is 14.0. The summed E-state index contributed by atoms with van der Waals surface area (Å²) in [7, 11) is 0. The quantitative estimate of drug-likeness (QED) is 0.564. The predicted octanol–water partition coefficient (Wildman–Crippen LogP) is 3.26. The summed E-state index contributed by atoms with van der Waals surface area (Å²) in [6.45, 7) is 2.80. The van der Waals surface area contributed by atoms with E-state index in [-0.39, 0.29) is 11.6 Å². The van der Waals surface area contributed by atoms with E-state index < -0.39 is 0 Å². The second kappa shape index (κ2) is 7.55. The highest BCUT2D eigenvalue weighted by atomic mass is 19.1. The van der Waals surface area contributed by atoms with Crippen LogP contribution in [0.3, 0.4) is 0 Å². The molecule has 150 valence electrons. The molecule has 1 saturated heterocycles. The lowest BCUT2D eigenvalue weighted by Crippen LogP contribution is -2.47. The second-order valence-corrected chi connectivity index (χ2v) is 7.07. The molecule has 0 bridgehead atoms. The van der Waals surface area contributed by atoms with Crippen molar-refractivity contribution in [3.05, 3.63) is 66.7 Å². The first kappa shape index (κ1) is 18.2. The first-order valence-corrected chi connectivity index (χ1v) is 9.71. The fourth-order valence-electron chi connectivity index (χ4n) is 3.68. The van der Waals surface area contributed by atoms with Crippen molar-refractivity contribution in [2.24, 2.45) is 0 Å². The van der Waals surface area contributed by atoms with Crippen molar-refractivity contribution in [1.29, 1.82) is 0 Å². The van der Waals surface area contributed by atoms with Crippen LogP contribution in [-0.4, -0.2) is 51.2 Å². The Kier molecular flexibility index (Phi) is 4.59. The van der Waals surface area contributed by atoms with Crippen molar-refractivity contribution >= 4 is 22.7 Å². The average molecular weight is 402 g/mol. The van der Waals surface area contributed by atoms with E-state index >= 15 is 0 Å². The minimum atomic E-state index is -0.334. The Morgan fingerprint density at radius 2 is 1.57 bits per heavy atom. The molecule has 1 aliphatic rings. The molecule has 0 unspecified atom stereocenters. The van der Waals surface area contributed by atoms with Crippen LogP contribution in [-0.2, 0) is 0 Å². The summed E-state index contributed by atoms with van der Waals surface area (Å²) in [5.74, 6) is 1.54. The van der Waals surface area contributed by atoms with Crippen molar-refractivity contribution in [1.82, 2.24) is 19.9 Å². The number of aromatic nitrogens is 4. The van der Waals surface area contributed by atoms with E-state index in [0.29, 0.717) is 47.1 Å². The van der Waals surface area contributed by atoms with Gasteiger partial charge in [-0.05, 0) is 36.4 Å². The molecule has 0 amide bonds. The van der Waals surface area contributed by atoms with Gasteiger partial charge in [-0.3, -0.25) is 0 Å². The summed E-state index contributed by atoms with van der Waals surface area (Å²) >= 11 is 0. The van der Waals surface area contributed by atoms with Gasteiger partial charge in [0.1, 0.15) is 17.4 Å². The van der Waals surface area contributed by atoms with Gasteiger partial charge in [-0.15, -0.1) is 0 Å². The largest absolute Gasteiger partial charge is 0.507 e. The Balaban J connectivity index is 1.53. The SMILES string of the molecule is Oc1ccccc1-c1nc(N2CCN(c3ncccn3)CC2)c2cc(F)ccc2n1. The lowest BCUT2D eigenvalue weighted by Gasteiger charge is -2.35. The van der Waals surface area contributed by atoms with E-state index in [1.165, 1.54) is 12.1 Å². The molecule has 0 atom stereocenters. The molecule has 0 saturated carbocycles. The summed E-state index contributed by atoms with van der Waals surface area (Å²) in [5.41, 5.74) is 1.18. The number of piperazine rings is 1. The molecule has 1 N–H and O–H groups in total. The topological polar surface area (TPSA) is 78.3 Å². The zero-order chi connectivity index (χ0) is 20.5. The van der Waals surface area contributed by atoms with E-state index in [4.69, 9.17) is 4.98 Å². The van der Waals surface area contributed by atoms with Crippen LogP contribution < -0.4 is 9.80 Å². The highest BCUT2D eigenvalue weighted by Crippen LogP contribution is 2.32. The molecule has 30 heavy (non-hydrogen) atoms.